The molecule has 1 aliphatic rings. The SMILES string of the molecule is O=C(O)CC1CCN(c2cccc(O)n2)CC1. The standard InChI is InChI=1S/C12H16N2O3/c15-11-3-1-2-10(13-11)14-6-4-9(5-7-14)8-12(16)17/h1-3,9H,4-8H2,(H,13,15)(H,16,17). The zero-order valence-electron chi connectivity index (χ0n) is 9.54. The summed E-state index contributed by atoms with van der Waals surface area (Å²) < 4.78 is 0. The number of hydrogen-bond donors (Lipinski definition) is 2. The average Bonchev–Trinajstić information content (AvgIpc) is 2.29. The Bertz CT molecular complexity index is 400. The van der Waals surface area contributed by atoms with Crippen molar-refractivity contribution in [3.8, 4) is 5.88 Å². The van der Waals surface area contributed by atoms with Crippen LogP contribution in [-0.4, -0.2) is 34.3 Å². The largest absolute Gasteiger partial charge is 0.493 e. The van der Waals surface area contributed by atoms with Crippen molar-refractivity contribution in [1.82, 2.24) is 4.98 Å². The minimum Gasteiger partial charge on any atom is -0.493 e. The molecule has 0 radical (unpaired) electrons. The van der Waals surface area contributed by atoms with Crippen molar-refractivity contribution in [2.45, 2.75) is 19.3 Å². The highest BCUT2D eigenvalue weighted by atomic mass is 16.4. The van der Waals surface area contributed by atoms with Crippen LogP contribution in [0.5, 0.6) is 5.88 Å². The van der Waals surface area contributed by atoms with E-state index in [1.54, 1.807) is 12.1 Å². The fourth-order valence-corrected chi connectivity index (χ4v) is 2.20. The zero-order valence-corrected chi connectivity index (χ0v) is 9.54. The average molecular weight is 236 g/mol. The number of nitrogens with zero attached hydrogens (tertiary/aromatic N) is 2. The van der Waals surface area contributed by atoms with Crippen molar-refractivity contribution in [3.63, 3.8) is 0 Å². The third-order valence-corrected chi connectivity index (χ3v) is 3.12. The van der Waals surface area contributed by atoms with Crippen molar-refractivity contribution in [2.75, 3.05) is 18.0 Å². The van der Waals surface area contributed by atoms with Crippen LogP contribution in [0.4, 0.5) is 5.82 Å². The van der Waals surface area contributed by atoms with Crippen molar-refractivity contribution in [2.24, 2.45) is 5.92 Å². The van der Waals surface area contributed by atoms with Crippen molar-refractivity contribution >= 4 is 11.8 Å². The van der Waals surface area contributed by atoms with E-state index in [0.29, 0.717) is 0 Å². The molecule has 2 heterocycles. The maximum absolute atomic E-state index is 10.6. The first kappa shape index (κ1) is 11.7. The minimum absolute atomic E-state index is 0.0233. The number of carboxylic acids is 1. The molecule has 0 atom stereocenters. The molecule has 2 rings (SSSR count). The fourth-order valence-electron chi connectivity index (χ4n) is 2.20. The lowest BCUT2D eigenvalue weighted by molar-refractivity contribution is -0.138. The molecule has 92 valence electrons. The maximum Gasteiger partial charge on any atom is 0.303 e. The summed E-state index contributed by atoms with van der Waals surface area (Å²) >= 11 is 0. The van der Waals surface area contributed by atoms with E-state index in [1.807, 2.05) is 6.07 Å². The Morgan fingerprint density at radius 2 is 2.12 bits per heavy atom. The van der Waals surface area contributed by atoms with Crippen LogP contribution in [0, 0.1) is 5.92 Å². The highest BCUT2D eigenvalue weighted by molar-refractivity contribution is 5.67. The van der Waals surface area contributed by atoms with Crippen LogP contribution < -0.4 is 4.90 Å². The van der Waals surface area contributed by atoms with Crippen LogP contribution in [-0.2, 0) is 4.79 Å². The van der Waals surface area contributed by atoms with Gasteiger partial charge in [-0.25, -0.2) is 0 Å². The summed E-state index contributed by atoms with van der Waals surface area (Å²) in [5, 5.41) is 18.0. The Hall–Kier alpha value is -1.78. The third kappa shape index (κ3) is 3.09. The molecule has 0 unspecified atom stereocenters. The zero-order chi connectivity index (χ0) is 12.3. The monoisotopic (exact) mass is 236 g/mol. The molecular formula is C12H16N2O3. The van der Waals surface area contributed by atoms with E-state index in [1.165, 1.54) is 0 Å². The molecule has 0 spiro atoms. The molecule has 0 saturated carbocycles. The topological polar surface area (TPSA) is 73.7 Å². The van der Waals surface area contributed by atoms with Gasteiger partial charge in [-0.1, -0.05) is 6.07 Å². The highest BCUT2D eigenvalue weighted by Crippen LogP contribution is 2.24. The van der Waals surface area contributed by atoms with E-state index < -0.39 is 5.97 Å². The quantitative estimate of drug-likeness (QED) is 0.831. The van der Waals surface area contributed by atoms with Crippen molar-refractivity contribution in [1.29, 1.82) is 0 Å². The van der Waals surface area contributed by atoms with Gasteiger partial charge in [-0.05, 0) is 24.8 Å². The Kier molecular flexibility index (Phi) is 3.46. The smallest absolute Gasteiger partial charge is 0.303 e. The van der Waals surface area contributed by atoms with Gasteiger partial charge in [-0.3, -0.25) is 4.79 Å². The van der Waals surface area contributed by atoms with Gasteiger partial charge in [0.05, 0.1) is 0 Å². The predicted octanol–water partition coefficient (Wildman–Crippen LogP) is 1.48. The number of rotatable bonds is 3. The first-order chi connectivity index (χ1) is 8.15. The number of piperidine rings is 1. The summed E-state index contributed by atoms with van der Waals surface area (Å²) in [6.45, 7) is 1.60. The molecule has 0 aromatic carbocycles. The summed E-state index contributed by atoms with van der Waals surface area (Å²) in [6, 6.07) is 5.17. The Balaban J connectivity index is 1.93. The van der Waals surface area contributed by atoms with Gasteiger partial charge in [0.15, 0.2) is 0 Å². The van der Waals surface area contributed by atoms with Gasteiger partial charge in [0.2, 0.25) is 5.88 Å². The molecule has 1 fully saturated rings. The molecule has 5 heteroatoms. The van der Waals surface area contributed by atoms with Crippen LogP contribution >= 0.6 is 0 Å². The molecule has 5 nitrogen and oxygen atoms in total. The summed E-state index contributed by atoms with van der Waals surface area (Å²) in [6.07, 6.45) is 1.98. The molecular weight excluding hydrogens is 220 g/mol. The Labute approximate surface area is 99.7 Å². The van der Waals surface area contributed by atoms with Crippen molar-refractivity contribution < 1.29 is 15.0 Å². The summed E-state index contributed by atoms with van der Waals surface area (Å²) in [5.74, 6) is 0.328. The van der Waals surface area contributed by atoms with Gasteiger partial charge in [-0.2, -0.15) is 4.98 Å². The normalized spacial score (nSPS) is 17.1. The number of pyridine rings is 1. The van der Waals surface area contributed by atoms with Gasteiger partial charge in [-0.15, -0.1) is 0 Å². The van der Waals surface area contributed by atoms with E-state index in [2.05, 4.69) is 9.88 Å². The van der Waals surface area contributed by atoms with E-state index in [0.717, 1.165) is 31.7 Å². The van der Waals surface area contributed by atoms with Crippen LogP contribution in [0.2, 0.25) is 0 Å². The number of aliphatic carboxylic acids is 1. The second kappa shape index (κ2) is 5.03. The van der Waals surface area contributed by atoms with E-state index in [-0.39, 0.29) is 18.2 Å². The highest BCUT2D eigenvalue weighted by Gasteiger charge is 2.22. The van der Waals surface area contributed by atoms with Crippen LogP contribution in [0.1, 0.15) is 19.3 Å². The van der Waals surface area contributed by atoms with Gasteiger partial charge in [0.25, 0.3) is 0 Å². The molecule has 1 aromatic heterocycles. The van der Waals surface area contributed by atoms with Crippen LogP contribution in [0.15, 0.2) is 18.2 Å². The lowest BCUT2D eigenvalue weighted by Gasteiger charge is -2.32. The molecule has 0 aliphatic carbocycles. The molecule has 17 heavy (non-hydrogen) atoms. The number of aromatic hydroxyl groups is 1. The van der Waals surface area contributed by atoms with E-state index >= 15 is 0 Å². The van der Waals surface area contributed by atoms with Crippen molar-refractivity contribution in [3.05, 3.63) is 18.2 Å². The second-order valence-electron chi connectivity index (χ2n) is 4.38. The fraction of sp³-hybridized carbons (Fsp3) is 0.500. The number of anilines is 1. The lowest BCUT2D eigenvalue weighted by Crippen LogP contribution is -2.34. The molecule has 1 saturated heterocycles. The molecule has 0 amide bonds. The summed E-state index contributed by atoms with van der Waals surface area (Å²) in [4.78, 5) is 16.7. The number of carboxylic acid groups (broad SMARTS) is 1. The van der Waals surface area contributed by atoms with E-state index in [4.69, 9.17) is 5.11 Å². The minimum atomic E-state index is -0.723. The molecule has 1 aliphatic heterocycles. The molecule has 1 aromatic rings. The number of aromatic nitrogens is 1. The van der Waals surface area contributed by atoms with Gasteiger partial charge in [0.1, 0.15) is 5.82 Å². The first-order valence-electron chi connectivity index (χ1n) is 5.78. The summed E-state index contributed by atoms with van der Waals surface area (Å²) in [7, 11) is 0. The third-order valence-electron chi connectivity index (χ3n) is 3.12. The van der Waals surface area contributed by atoms with Crippen LogP contribution in [0.3, 0.4) is 0 Å². The lowest BCUT2D eigenvalue weighted by atomic mass is 9.94. The van der Waals surface area contributed by atoms with Gasteiger partial charge in [0, 0.05) is 25.6 Å². The second-order valence-corrected chi connectivity index (χ2v) is 4.38. The maximum atomic E-state index is 10.6. The van der Waals surface area contributed by atoms with Crippen LogP contribution in [0.25, 0.3) is 0 Å². The molecule has 0 bridgehead atoms. The molecule has 2 N–H and O–H groups in total. The number of carbonyl (C=O) groups is 1. The Morgan fingerprint density at radius 3 is 2.71 bits per heavy atom. The summed E-state index contributed by atoms with van der Waals surface area (Å²) in [5.41, 5.74) is 0. The first-order valence-corrected chi connectivity index (χ1v) is 5.78. The van der Waals surface area contributed by atoms with Gasteiger partial charge < -0.3 is 15.1 Å². The van der Waals surface area contributed by atoms with E-state index in [9.17, 15) is 9.90 Å². The predicted molar refractivity (Wildman–Crippen MR) is 63.1 cm³/mol. The Morgan fingerprint density at radius 1 is 1.41 bits per heavy atom. The number of hydrogen-bond acceptors (Lipinski definition) is 4. The van der Waals surface area contributed by atoms with Gasteiger partial charge >= 0.3 is 5.97 Å².